The molecule has 5 heteroatoms. The average molecular weight is 251 g/mol. The van der Waals surface area contributed by atoms with E-state index in [1.165, 1.54) is 0 Å². The highest BCUT2D eigenvalue weighted by Crippen LogP contribution is 2.32. The van der Waals surface area contributed by atoms with Crippen molar-refractivity contribution >= 4 is 5.91 Å². The van der Waals surface area contributed by atoms with Crippen molar-refractivity contribution in [2.24, 2.45) is 0 Å². The summed E-state index contributed by atoms with van der Waals surface area (Å²) in [5.74, 6) is 1.55. The predicted octanol–water partition coefficient (Wildman–Crippen LogP) is 2.06. The van der Waals surface area contributed by atoms with Gasteiger partial charge in [-0.3, -0.25) is 4.79 Å². The molecule has 1 atom stereocenters. The number of aromatic nitrogens is 2. The van der Waals surface area contributed by atoms with Crippen LogP contribution in [0.1, 0.15) is 51.2 Å². The van der Waals surface area contributed by atoms with Crippen LogP contribution in [0, 0.1) is 6.92 Å². The van der Waals surface area contributed by atoms with Crippen molar-refractivity contribution in [1.82, 2.24) is 15.0 Å². The molecule has 1 aromatic heterocycles. The van der Waals surface area contributed by atoms with Crippen molar-refractivity contribution < 1.29 is 9.32 Å². The lowest BCUT2D eigenvalue weighted by molar-refractivity contribution is -0.133. The summed E-state index contributed by atoms with van der Waals surface area (Å²) in [6.07, 6.45) is 3.50. The molecular formula is C13H21N3O2. The van der Waals surface area contributed by atoms with Gasteiger partial charge in [-0.05, 0) is 33.1 Å². The second kappa shape index (κ2) is 5.08. The smallest absolute Gasteiger partial charge is 0.234 e. The zero-order valence-electron chi connectivity index (χ0n) is 11.4. The number of carbonyl (C=O) groups is 1. The van der Waals surface area contributed by atoms with E-state index >= 15 is 0 Å². The lowest BCUT2D eigenvalue weighted by Crippen LogP contribution is -2.47. The Morgan fingerprint density at radius 3 is 2.94 bits per heavy atom. The van der Waals surface area contributed by atoms with Crippen LogP contribution in [0.3, 0.4) is 0 Å². The van der Waals surface area contributed by atoms with Crippen LogP contribution in [0.4, 0.5) is 0 Å². The van der Waals surface area contributed by atoms with E-state index in [0.717, 1.165) is 25.8 Å². The summed E-state index contributed by atoms with van der Waals surface area (Å²) in [5, 5.41) is 3.85. The summed E-state index contributed by atoms with van der Waals surface area (Å²) in [6.45, 7) is 7.49. The molecule has 1 aromatic rings. The Kier molecular flexibility index (Phi) is 3.68. The average Bonchev–Trinajstić information content (AvgIpc) is 2.77. The number of carbonyl (C=O) groups excluding carboxylic acids is 1. The van der Waals surface area contributed by atoms with Gasteiger partial charge in [0.1, 0.15) is 0 Å². The van der Waals surface area contributed by atoms with Gasteiger partial charge in [0.15, 0.2) is 5.82 Å². The Morgan fingerprint density at radius 1 is 1.56 bits per heavy atom. The Balaban J connectivity index is 2.12. The van der Waals surface area contributed by atoms with Gasteiger partial charge in [-0.2, -0.15) is 4.98 Å². The molecule has 0 aromatic carbocycles. The number of piperidine rings is 1. The van der Waals surface area contributed by atoms with Crippen LogP contribution in [-0.4, -0.2) is 34.0 Å². The number of aryl methyl sites for hydroxylation is 1. The van der Waals surface area contributed by atoms with E-state index in [1.54, 1.807) is 0 Å². The van der Waals surface area contributed by atoms with Gasteiger partial charge in [-0.1, -0.05) is 12.1 Å². The van der Waals surface area contributed by atoms with Crippen LogP contribution >= 0.6 is 0 Å². The first-order valence-corrected chi connectivity index (χ1v) is 6.64. The highest BCUT2D eigenvalue weighted by Gasteiger charge is 2.38. The number of amides is 1. The Bertz CT molecular complexity index is 430. The van der Waals surface area contributed by atoms with E-state index in [-0.39, 0.29) is 11.3 Å². The SMILES string of the molecule is CCCC(=O)N1CCC[C@@](C)(c2nc(C)no2)C1. The van der Waals surface area contributed by atoms with Crippen LogP contribution in [0.15, 0.2) is 4.52 Å². The molecule has 2 heterocycles. The fourth-order valence-electron chi connectivity index (χ4n) is 2.54. The largest absolute Gasteiger partial charge is 0.342 e. The maximum Gasteiger partial charge on any atom is 0.234 e. The standard InChI is InChI=1S/C13H21N3O2/c1-4-6-11(17)16-8-5-7-13(3,9-16)12-14-10(2)15-18-12/h4-9H2,1-3H3/t13-/m1/s1. The Morgan fingerprint density at radius 2 is 2.33 bits per heavy atom. The van der Waals surface area contributed by atoms with Crippen molar-refractivity contribution in [3.8, 4) is 0 Å². The molecule has 5 nitrogen and oxygen atoms in total. The zero-order chi connectivity index (χ0) is 13.2. The Labute approximate surface area is 108 Å². The van der Waals surface area contributed by atoms with Crippen LogP contribution in [0.5, 0.6) is 0 Å². The summed E-state index contributed by atoms with van der Waals surface area (Å²) in [4.78, 5) is 18.2. The van der Waals surface area contributed by atoms with E-state index in [4.69, 9.17) is 4.52 Å². The van der Waals surface area contributed by atoms with Gasteiger partial charge in [-0.15, -0.1) is 0 Å². The molecule has 0 aliphatic carbocycles. The van der Waals surface area contributed by atoms with Gasteiger partial charge < -0.3 is 9.42 Å². The minimum atomic E-state index is -0.192. The normalized spacial score (nSPS) is 24.3. The van der Waals surface area contributed by atoms with E-state index in [9.17, 15) is 4.79 Å². The number of hydrogen-bond donors (Lipinski definition) is 0. The summed E-state index contributed by atoms with van der Waals surface area (Å²) in [6, 6.07) is 0. The van der Waals surface area contributed by atoms with Crippen molar-refractivity contribution in [3.05, 3.63) is 11.7 Å². The first-order chi connectivity index (χ1) is 8.55. The number of rotatable bonds is 3. The molecule has 0 bridgehead atoms. The third-order valence-electron chi connectivity index (χ3n) is 3.56. The summed E-state index contributed by atoms with van der Waals surface area (Å²) < 4.78 is 5.30. The lowest BCUT2D eigenvalue weighted by Gasteiger charge is -2.38. The highest BCUT2D eigenvalue weighted by molar-refractivity contribution is 5.76. The van der Waals surface area contributed by atoms with Gasteiger partial charge in [0.05, 0.1) is 5.41 Å². The minimum Gasteiger partial charge on any atom is -0.342 e. The molecule has 1 saturated heterocycles. The quantitative estimate of drug-likeness (QED) is 0.825. The summed E-state index contributed by atoms with van der Waals surface area (Å²) >= 11 is 0. The Hall–Kier alpha value is -1.39. The molecule has 0 unspecified atom stereocenters. The van der Waals surface area contributed by atoms with Gasteiger partial charge in [-0.25, -0.2) is 0 Å². The lowest BCUT2D eigenvalue weighted by atomic mass is 9.81. The van der Waals surface area contributed by atoms with Crippen molar-refractivity contribution in [2.45, 2.75) is 51.9 Å². The maximum atomic E-state index is 12.0. The first kappa shape index (κ1) is 13.1. The fraction of sp³-hybridized carbons (Fsp3) is 0.769. The summed E-state index contributed by atoms with van der Waals surface area (Å²) in [7, 11) is 0. The van der Waals surface area contributed by atoms with Gasteiger partial charge in [0.25, 0.3) is 0 Å². The molecule has 1 aliphatic heterocycles. The van der Waals surface area contributed by atoms with Gasteiger partial charge in [0, 0.05) is 19.5 Å². The molecule has 2 rings (SSSR count). The molecule has 0 saturated carbocycles. The molecule has 0 N–H and O–H groups in total. The monoisotopic (exact) mass is 251 g/mol. The van der Waals surface area contributed by atoms with E-state index < -0.39 is 0 Å². The van der Waals surface area contributed by atoms with Crippen LogP contribution in [-0.2, 0) is 10.2 Å². The molecular weight excluding hydrogens is 230 g/mol. The molecule has 100 valence electrons. The predicted molar refractivity (Wildman–Crippen MR) is 67.1 cm³/mol. The highest BCUT2D eigenvalue weighted by atomic mass is 16.5. The fourth-order valence-corrected chi connectivity index (χ4v) is 2.54. The molecule has 1 aliphatic rings. The van der Waals surface area contributed by atoms with Gasteiger partial charge >= 0.3 is 0 Å². The third-order valence-corrected chi connectivity index (χ3v) is 3.56. The summed E-state index contributed by atoms with van der Waals surface area (Å²) in [5.41, 5.74) is -0.192. The second-order valence-electron chi connectivity index (χ2n) is 5.38. The first-order valence-electron chi connectivity index (χ1n) is 6.64. The second-order valence-corrected chi connectivity index (χ2v) is 5.38. The van der Waals surface area contributed by atoms with Gasteiger partial charge in [0.2, 0.25) is 11.8 Å². The van der Waals surface area contributed by atoms with Crippen molar-refractivity contribution in [3.63, 3.8) is 0 Å². The van der Waals surface area contributed by atoms with E-state index in [2.05, 4.69) is 17.1 Å². The molecule has 0 spiro atoms. The number of likely N-dealkylation sites (tertiary alicyclic amines) is 1. The molecule has 1 fully saturated rings. The third kappa shape index (κ3) is 2.54. The molecule has 1 amide bonds. The van der Waals surface area contributed by atoms with Crippen LogP contribution < -0.4 is 0 Å². The molecule has 18 heavy (non-hydrogen) atoms. The molecule has 0 radical (unpaired) electrons. The van der Waals surface area contributed by atoms with Crippen LogP contribution in [0.2, 0.25) is 0 Å². The van der Waals surface area contributed by atoms with Crippen LogP contribution in [0.25, 0.3) is 0 Å². The number of hydrogen-bond acceptors (Lipinski definition) is 4. The topological polar surface area (TPSA) is 59.2 Å². The zero-order valence-corrected chi connectivity index (χ0v) is 11.4. The minimum absolute atomic E-state index is 0.192. The van der Waals surface area contributed by atoms with Crippen molar-refractivity contribution in [2.75, 3.05) is 13.1 Å². The van der Waals surface area contributed by atoms with E-state index in [1.807, 2.05) is 18.7 Å². The van der Waals surface area contributed by atoms with Crippen molar-refractivity contribution in [1.29, 1.82) is 0 Å². The maximum absolute atomic E-state index is 12.0. The van der Waals surface area contributed by atoms with E-state index in [0.29, 0.717) is 24.7 Å². The number of nitrogens with zero attached hydrogens (tertiary/aromatic N) is 3.